The lowest BCUT2D eigenvalue weighted by Gasteiger charge is -2.13. The van der Waals surface area contributed by atoms with Crippen molar-refractivity contribution in [1.29, 1.82) is 0 Å². The number of benzene rings is 2. The average molecular weight is 411 g/mol. The summed E-state index contributed by atoms with van der Waals surface area (Å²) in [4.78, 5) is 26.6. The molecule has 0 aliphatic heterocycles. The van der Waals surface area contributed by atoms with E-state index >= 15 is 0 Å². The number of H-pyrrole nitrogens is 1. The van der Waals surface area contributed by atoms with Crippen LogP contribution in [0.25, 0.3) is 5.69 Å². The topological polar surface area (TPSA) is 121 Å². The maximum Gasteiger partial charge on any atom is 0.335 e. The van der Waals surface area contributed by atoms with Gasteiger partial charge in [-0.05, 0) is 36.5 Å². The van der Waals surface area contributed by atoms with Crippen LogP contribution in [0.5, 0.6) is 11.6 Å². The molecule has 9 nitrogen and oxygen atoms in total. The van der Waals surface area contributed by atoms with Crippen LogP contribution in [0.4, 0.5) is 5.69 Å². The van der Waals surface area contributed by atoms with Gasteiger partial charge in [0.1, 0.15) is 11.3 Å². The molecule has 3 rings (SSSR count). The van der Waals surface area contributed by atoms with Crippen molar-refractivity contribution in [2.24, 2.45) is 5.10 Å². The largest absolute Gasteiger partial charge is 0.495 e. The summed E-state index contributed by atoms with van der Waals surface area (Å²) in [5.41, 5.74) is 1.71. The van der Waals surface area contributed by atoms with Crippen molar-refractivity contribution >= 4 is 29.2 Å². The van der Waals surface area contributed by atoms with E-state index in [-0.39, 0.29) is 16.4 Å². The molecule has 0 atom stereocenters. The number of anilines is 1. The number of hydrogen-bond donors (Lipinski definition) is 4. The van der Waals surface area contributed by atoms with E-state index in [0.29, 0.717) is 5.75 Å². The minimum Gasteiger partial charge on any atom is -0.495 e. The van der Waals surface area contributed by atoms with Crippen LogP contribution in [0, 0.1) is 0 Å². The minimum absolute atomic E-state index is 0.182. The minimum atomic E-state index is -0.816. The molecule has 29 heavy (non-hydrogen) atoms. The SMILES string of the molecule is COc1ccccc1-n1c(O)c(C=NNC(=S)Nc2ccccc2)c(=O)[nH]c1=O. The zero-order valence-corrected chi connectivity index (χ0v) is 16.1. The highest BCUT2D eigenvalue weighted by molar-refractivity contribution is 7.80. The van der Waals surface area contributed by atoms with Crippen molar-refractivity contribution in [1.82, 2.24) is 15.0 Å². The van der Waals surface area contributed by atoms with E-state index in [1.807, 2.05) is 30.3 Å². The number of nitrogens with one attached hydrogen (secondary N) is 3. The molecule has 10 heteroatoms. The third-order valence-electron chi connectivity index (χ3n) is 3.84. The van der Waals surface area contributed by atoms with Crippen molar-refractivity contribution < 1.29 is 9.84 Å². The van der Waals surface area contributed by atoms with Crippen LogP contribution in [0.3, 0.4) is 0 Å². The second kappa shape index (κ2) is 8.85. The van der Waals surface area contributed by atoms with Crippen LogP contribution < -0.4 is 26.7 Å². The smallest absolute Gasteiger partial charge is 0.335 e. The first-order valence-corrected chi connectivity index (χ1v) is 8.79. The first-order valence-electron chi connectivity index (χ1n) is 8.38. The maximum absolute atomic E-state index is 12.3. The van der Waals surface area contributed by atoms with Crippen LogP contribution >= 0.6 is 12.2 Å². The van der Waals surface area contributed by atoms with E-state index in [2.05, 4.69) is 20.8 Å². The van der Waals surface area contributed by atoms with Gasteiger partial charge in [0, 0.05) is 5.69 Å². The van der Waals surface area contributed by atoms with Gasteiger partial charge in [-0.3, -0.25) is 15.2 Å². The molecule has 148 valence electrons. The molecule has 0 saturated carbocycles. The maximum atomic E-state index is 12.3. The van der Waals surface area contributed by atoms with Crippen molar-refractivity contribution in [3.8, 4) is 17.3 Å². The van der Waals surface area contributed by atoms with Crippen LogP contribution in [-0.4, -0.2) is 33.1 Å². The van der Waals surface area contributed by atoms with Gasteiger partial charge in [-0.25, -0.2) is 9.36 Å². The summed E-state index contributed by atoms with van der Waals surface area (Å²) in [7, 11) is 1.43. The van der Waals surface area contributed by atoms with Crippen LogP contribution in [0.1, 0.15) is 5.56 Å². The average Bonchev–Trinajstić information content (AvgIpc) is 2.71. The molecule has 1 aromatic heterocycles. The van der Waals surface area contributed by atoms with E-state index in [0.717, 1.165) is 16.5 Å². The van der Waals surface area contributed by atoms with Gasteiger partial charge in [0.15, 0.2) is 5.11 Å². The van der Waals surface area contributed by atoms with E-state index in [9.17, 15) is 14.7 Å². The van der Waals surface area contributed by atoms with Crippen molar-refractivity contribution in [3.05, 3.63) is 81.0 Å². The summed E-state index contributed by atoms with van der Waals surface area (Å²) in [5.74, 6) is -0.248. The second-order valence-electron chi connectivity index (χ2n) is 5.69. The van der Waals surface area contributed by atoms with E-state index in [1.54, 1.807) is 24.3 Å². The van der Waals surface area contributed by atoms with Gasteiger partial charge in [-0.1, -0.05) is 30.3 Å². The molecular formula is C19H17N5O4S. The van der Waals surface area contributed by atoms with Crippen molar-refractivity contribution in [2.75, 3.05) is 12.4 Å². The quantitative estimate of drug-likeness (QED) is 0.286. The number of aromatic hydroxyl groups is 1. The predicted molar refractivity (Wildman–Crippen MR) is 114 cm³/mol. The highest BCUT2D eigenvalue weighted by Crippen LogP contribution is 2.24. The predicted octanol–water partition coefficient (Wildman–Crippen LogP) is 1.56. The standard InChI is InChI=1S/C19H17N5O4S/c1-28-15-10-6-5-9-14(15)24-17(26)13(16(25)22-19(24)27)11-20-23-18(29)21-12-7-3-2-4-8-12/h2-11,26H,1H3,(H2,21,23,29)(H,22,25,27). The molecule has 0 aliphatic rings. The summed E-state index contributed by atoms with van der Waals surface area (Å²) in [6.07, 6.45) is 1.07. The number of para-hydroxylation sites is 3. The summed E-state index contributed by atoms with van der Waals surface area (Å²) < 4.78 is 6.13. The Labute approximate surface area is 170 Å². The molecule has 4 N–H and O–H groups in total. The zero-order valence-electron chi connectivity index (χ0n) is 15.2. The lowest BCUT2D eigenvalue weighted by Crippen LogP contribution is -2.32. The molecule has 0 amide bonds. The molecule has 0 fully saturated rings. The third kappa shape index (κ3) is 4.50. The molecule has 0 saturated heterocycles. The first kappa shape index (κ1) is 19.8. The lowest BCUT2D eigenvalue weighted by molar-refractivity contribution is 0.401. The lowest BCUT2D eigenvalue weighted by atomic mass is 10.2. The molecular weight excluding hydrogens is 394 g/mol. The number of hydrazone groups is 1. The van der Waals surface area contributed by atoms with Crippen molar-refractivity contribution in [3.63, 3.8) is 0 Å². The second-order valence-corrected chi connectivity index (χ2v) is 6.10. The summed E-state index contributed by atoms with van der Waals surface area (Å²) in [6.45, 7) is 0. The van der Waals surface area contributed by atoms with Gasteiger partial charge < -0.3 is 15.2 Å². The molecule has 3 aromatic rings. The van der Waals surface area contributed by atoms with Gasteiger partial charge in [-0.2, -0.15) is 5.10 Å². The summed E-state index contributed by atoms with van der Waals surface area (Å²) in [6, 6.07) is 15.7. The number of aromatic amines is 1. The van der Waals surface area contributed by atoms with Gasteiger partial charge in [0.2, 0.25) is 5.88 Å². The number of thiocarbonyl (C=S) groups is 1. The summed E-state index contributed by atoms with van der Waals surface area (Å²) in [5, 5.41) is 17.5. The number of methoxy groups -OCH3 is 1. The van der Waals surface area contributed by atoms with Crippen molar-refractivity contribution in [2.45, 2.75) is 0 Å². The highest BCUT2D eigenvalue weighted by atomic mass is 32.1. The zero-order chi connectivity index (χ0) is 20.8. The van der Waals surface area contributed by atoms with Gasteiger partial charge in [-0.15, -0.1) is 0 Å². The fourth-order valence-corrected chi connectivity index (χ4v) is 2.70. The van der Waals surface area contributed by atoms with E-state index in [1.165, 1.54) is 7.11 Å². The number of rotatable bonds is 5. The third-order valence-corrected chi connectivity index (χ3v) is 4.03. The van der Waals surface area contributed by atoms with E-state index < -0.39 is 17.1 Å². The molecule has 1 heterocycles. The van der Waals surface area contributed by atoms with Crippen LogP contribution in [0.2, 0.25) is 0 Å². The molecule has 0 aliphatic carbocycles. The van der Waals surface area contributed by atoms with Gasteiger partial charge in [0.25, 0.3) is 5.56 Å². The Morgan fingerprint density at radius 2 is 1.86 bits per heavy atom. The number of hydrogen-bond acceptors (Lipinski definition) is 6. The Balaban J connectivity index is 1.88. The van der Waals surface area contributed by atoms with E-state index in [4.69, 9.17) is 17.0 Å². The number of ether oxygens (including phenoxy) is 1. The molecule has 0 spiro atoms. The summed E-state index contributed by atoms with van der Waals surface area (Å²) >= 11 is 5.12. The Kier molecular flexibility index (Phi) is 6.05. The molecule has 0 unspecified atom stereocenters. The fraction of sp³-hybridized carbons (Fsp3) is 0.0526. The highest BCUT2D eigenvalue weighted by Gasteiger charge is 2.16. The van der Waals surface area contributed by atoms with Gasteiger partial charge in [0.05, 0.1) is 19.0 Å². The van der Waals surface area contributed by atoms with Crippen LogP contribution in [-0.2, 0) is 0 Å². The number of nitrogens with zero attached hydrogens (tertiary/aromatic N) is 2. The Morgan fingerprint density at radius 3 is 2.59 bits per heavy atom. The Bertz CT molecular complexity index is 1170. The fourth-order valence-electron chi connectivity index (χ4n) is 2.53. The first-order chi connectivity index (χ1) is 14.0. The Morgan fingerprint density at radius 1 is 1.17 bits per heavy atom. The van der Waals surface area contributed by atoms with Gasteiger partial charge >= 0.3 is 5.69 Å². The molecule has 2 aromatic carbocycles. The monoisotopic (exact) mass is 411 g/mol. The number of aromatic nitrogens is 2. The molecule has 0 radical (unpaired) electrons. The van der Waals surface area contributed by atoms with Crippen LogP contribution in [0.15, 0.2) is 69.3 Å². The molecule has 0 bridgehead atoms. The Hall–Kier alpha value is -3.92. The normalized spacial score (nSPS) is 10.7.